The lowest BCUT2D eigenvalue weighted by Gasteiger charge is -2.04. The van der Waals surface area contributed by atoms with Crippen LogP contribution in [0.4, 0.5) is 13.2 Å². The highest BCUT2D eigenvalue weighted by Gasteiger charge is 2.36. The van der Waals surface area contributed by atoms with Crippen LogP contribution < -0.4 is 4.72 Å². The zero-order valence-corrected chi connectivity index (χ0v) is 14.3. The van der Waals surface area contributed by atoms with Crippen LogP contribution >= 0.6 is 11.6 Å². The quantitative estimate of drug-likeness (QED) is 0.690. The van der Waals surface area contributed by atoms with Gasteiger partial charge in [0.2, 0.25) is 10.9 Å². The summed E-state index contributed by atoms with van der Waals surface area (Å²) in [5, 5.41) is 3.29. The topological polar surface area (TPSA) is 85.3 Å². The van der Waals surface area contributed by atoms with Crippen molar-refractivity contribution >= 4 is 21.6 Å². The molecule has 2 heterocycles. The van der Waals surface area contributed by atoms with Gasteiger partial charge in [0.05, 0.1) is 0 Å². The lowest BCUT2D eigenvalue weighted by Crippen LogP contribution is -2.22. The molecule has 0 saturated heterocycles. The second-order valence-electron chi connectivity index (χ2n) is 5.14. The van der Waals surface area contributed by atoms with Crippen LogP contribution in [0.3, 0.4) is 0 Å². The summed E-state index contributed by atoms with van der Waals surface area (Å²) in [4.78, 5) is 0. The molecule has 0 saturated carbocycles. The Hall–Kier alpha value is -2.30. The maximum absolute atomic E-state index is 12.5. The van der Waals surface area contributed by atoms with Crippen molar-refractivity contribution < 1.29 is 30.5 Å². The van der Waals surface area contributed by atoms with E-state index in [0.717, 1.165) is 6.07 Å². The number of alkyl halides is 3. The summed E-state index contributed by atoms with van der Waals surface area (Å²) in [6.45, 7) is -0.0162. The smallest absolute Gasteiger partial charge is 0.441 e. The molecule has 138 valence electrons. The number of furan rings is 1. The van der Waals surface area contributed by atoms with Gasteiger partial charge in [0.25, 0.3) is 10.0 Å². The lowest BCUT2D eigenvalue weighted by molar-refractivity contribution is -0.155. The first kappa shape index (κ1) is 18.5. The van der Waals surface area contributed by atoms with Gasteiger partial charge in [0, 0.05) is 17.6 Å². The number of hydrogen-bond acceptors (Lipinski definition) is 5. The predicted molar refractivity (Wildman–Crippen MR) is 84.7 cm³/mol. The molecule has 0 bridgehead atoms. The molecule has 3 rings (SSSR count). The largest absolute Gasteiger partial charge is 0.452 e. The Morgan fingerprint density at radius 3 is 2.42 bits per heavy atom. The summed E-state index contributed by atoms with van der Waals surface area (Å²) in [6.07, 6.45) is -4.70. The fourth-order valence-corrected chi connectivity index (χ4v) is 3.05. The Morgan fingerprint density at radius 1 is 1.12 bits per heavy atom. The number of aromatic nitrogens is 1. The minimum Gasteiger partial charge on any atom is -0.441 e. The van der Waals surface area contributed by atoms with E-state index in [-0.39, 0.29) is 18.0 Å². The van der Waals surface area contributed by atoms with Gasteiger partial charge < -0.3 is 8.94 Å². The van der Waals surface area contributed by atoms with E-state index in [1.807, 2.05) is 0 Å². The fraction of sp³-hybridized carbons (Fsp3) is 0.133. The van der Waals surface area contributed by atoms with Gasteiger partial charge in [-0.2, -0.15) is 13.2 Å². The highest BCUT2D eigenvalue weighted by atomic mass is 35.5. The molecule has 3 aromatic rings. The van der Waals surface area contributed by atoms with Crippen molar-refractivity contribution in [3.63, 3.8) is 0 Å². The second kappa shape index (κ2) is 6.78. The van der Waals surface area contributed by atoms with E-state index in [1.54, 1.807) is 24.3 Å². The van der Waals surface area contributed by atoms with Crippen LogP contribution in [0.5, 0.6) is 0 Å². The van der Waals surface area contributed by atoms with Crippen LogP contribution in [0, 0.1) is 0 Å². The number of hydrogen-bond donors (Lipinski definition) is 1. The third kappa shape index (κ3) is 4.09. The molecule has 0 aliphatic carbocycles. The van der Waals surface area contributed by atoms with Gasteiger partial charge in [-0.25, -0.2) is 13.1 Å². The number of nitrogens with zero attached hydrogens (tertiary/aromatic N) is 1. The molecule has 0 aliphatic heterocycles. The van der Waals surface area contributed by atoms with E-state index in [9.17, 15) is 21.6 Å². The van der Waals surface area contributed by atoms with E-state index in [1.165, 1.54) is 6.07 Å². The zero-order chi connectivity index (χ0) is 18.9. The van der Waals surface area contributed by atoms with E-state index < -0.39 is 27.1 Å². The van der Waals surface area contributed by atoms with Crippen molar-refractivity contribution in [3.05, 3.63) is 58.8 Å². The fourth-order valence-electron chi connectivity index (χ4n) is 1.98. The summed E-state index contributed by atoms with van der Waals surface area (Å²) < 4.78 is 73.6. The third-order valence-corrected chi connectivity index (χ3v) is 4.79. The Kier molecular flexibility index (Phi) is 4.82. The zero-order valence-electron chi connectivity index (χ0n) is 12.7. The van der Waals surface area contributed by atoms with Gasteiger partial charge in [-0.1, -0.05) is 28.9 Å². The van der Waals surface area contributed by atoms with Crippen LogP contribution in [-0.4, -0.2) is 13.6 Å². The van der Waals surface area contributed by atoms with E-state index in [4.69, 9.17) is 16.0 Å². The molecule has 26 heavy (non-hydrogen) atoms. The number of rotatable bonds is 5. The molecule has 2 aromatic heterocycles. The van der Waals surface area contributed by atoms with Gasteiger partial charge in [-0.3, -0.25) is 0 Å². The average Bonchev–Trinajstić information content (AvgIpc) is 3.23. The van der Waals surface area contributed by atoms with Gasteiger partial charge >= 0.3 is 6.18 Å². The number of benzene rings is 1. The maximum Gasteiger partial charge on any atom is 0.452 e. The summed E-state index contributed by atoms with van der Waals surface area (Å²) in [6, 6.07) is 9.43. The molecule has 0 aliphatic rings. The van der Waals surface area contributed by atoms with Crippen molar-refractivity contribution in [2.75, 3.05) is 0 Å². The standard InChI is InChI=1S/C15H10ClF3N2O4S/c16-10-3-1-9(2-4-10)8-20-26(22,23)14-6-5-12(24-14)11-7-13(25-21-11)15(17,18)19/h1-7,20H,8H2. The normalized spacial score (nSPS) is 12.5. The van der Waals surface area contributed by atoms with E-state index in [2.05, 4.69) is 14.4 Å². The third-order valence-electron chi connectivity index (χ3n) is 3.27. The van der Waals surface area contributed by atoms with Crippen molar-refractivity contribution in [1.29, 1.82) is 0 Å². The highest BCUT2D eigenvalue weighted by Crippen LogP contribution is 2.33. The Balaban J connectivity index is 1.75. The molecule has 0 fully saturated rings. The Morgan fingerprint density at radius 2 is 1.81 bits per heavy atom. The van der Waals surface area contributed by atoms with Crippen molar-refractivity contribution in [1.82, 2.24) is 9.88 Å². The van der Waals surface area contributed by atoms with Crippen LogP contribution in [0.1, 0.15) is 11.3 Å². The SMILES string of the molecule is O=S(=O)(NCc1ccc(Cl)cc1)c1ccc(-c2cc(C(F)(F)F)on2)o1. The van der Waals surface area contributed by atoms with Gasteiger partial charge in [-0.15, -0.1) is 0 Å². The molecule has 0 unspecified atom stereocenters. The average molecular weight is 407 g/mol. The monoisotopic (exact) mass is 406 g/mol. The molecular formula is C15H10ClF3N2O4S. The molecule has 0 radical (unpaired) electrons. The predicted octanol–water partition coefficient (Wildman–Crippen LogP) is 4.09. The van der Waals surface area contributed by atoms with Gasteiger partial charge in [-0.05, 0) is 29.8 Å². The Bertz CT molecular complexity index is 1010. The minimum absolute atomic E-state index is 0.0162. The highest BCUT2D eigenvalue weighted by molar-refractivity contribution is 7.89. The summed E-state index contributed by atoms with van der Waals surface area (Å²) in [7, 11) is -4.01. The molecular weight excluding hydrogens is 397 g/mol. The molecule has 1 aromatic carbocycles. The molecule has 0 atom stereocenters. The van der Waals surface area contributed by atoms with Crippen LogP contribution in [-0.2, 0) is 22.7 Å². The van der Waals surface area contributed by atoms with Gasteiger partial charge in [0.1, 0.15) is 5.69 Å². The van der Waals surface area contributed by atoms with E-state index >= 15 is 0 Å². The van der Waals surface area contributed by atoms with Crippen molar-refractivity contribution in [2.24, 2.45) is 0 Å². The van der Waals surface area contributed by atoms with Gasteiger partial charge in [0.15, 0.2) is 5.76 Å². The summed E-state index contributed by atoms with van der Waals surface area (Å²) >= 11 is 5.75. The van der Waals surface area contributed by atoms with Crippen molar-refractivity contribution in [3.8, 4) is 11.5 Å². The van der Waals surface area contributed by atoms with Crippen LogP contribution in [0.25, 0.3) is 11.5 Å². The van der Waals surface area contributed by atoms with E-state index in [0.29, 0.717) is 16.7 Å². The minimum atomic E-state index is -4.70. The summed E-state index contributed by atoms with van der Waals surface area (Å²) in [5.74, 6) is -1.48. The molecule has 6 nitrogen and oxygen atoms in total. The second-order valence-corrected chi connectivity index (χ2v) is 7.28. The van der Waals surface area contributed by atoms with Crippen molar-refractivity contribution in [2.45, 2.75) is 17.8 Å². The first-order valence-electron chi connectivity index (χ1n) is 7.03. The van der Waals surface area contributed by atoms with Crippen LogP contribution in [0.15, 0.2) is 56.5 Å². The van der Waals surface area contributed by atoms with Crippen LogP contribution in [0.2, 0.25) is 5.02 Å². The Labute approximate surface area is 150 Å². The molecule has 0 spiro atoms. The molecule has 1 N–H and O–H groups in total. The number of nitrogens with one attached hydrogen (secondary N) is 1. The number of halogens is 4. The molecule has 0 amide bonds. The summed E-state index contributed by atoms with van der Waals surface area (Å²) in [5.41, 5.74) is 0.396. The first-order chi connectivity index (χ1) is 12.1. The lowest BCUT2D eigenvalue weighted by atomic mass is 10.2. The number of sulfonamides is 1. The maximum atomic E-state index is 12.5. The molecule has 11 heteroatoms. The first-order valence-corrected chi connectivity index (χ1v) is 8.89.